The lowest BCUT2D eigenvalue weighted by Gasteiger charge is -2.21. The van der Waals surface area contributed by atoms with Crippen molar-refractivity contribution < 1.29 is 0 Å². The maximum atomic E-state index is 9.12. The number of nitriles is 1. The Kier molecular flexibility index (Phi) is 3.94. The molecular weight excluding hydrogens is 322 g/mol. The summed E-state index contributed by atoms with van der Waals surface area (Å²) < 4.78 is 0. The van der Waals surface area contributed by atoms with E-state index in [0.717, 1.165) is 33.8 Å². The number of nitrogens with two attached hydrogens (primary N) is 1. The maximum Gasteiger partial charge on any atom is 0.129 e. The normalized spacial score (nSPS) is 15.7. The molecule has 0 fully saturated rings. The molecule has 2 heterocycles. The summed E-state index contributed by atoms with van der Waals surface area (Å²) in [6, 6.07) is 17.9. The Bertz CT molecular complexity index is 1060. The zero-order valence-corrected chi connectivity index (χ0v) is 14.3. The Balaban J connectivity index is 1.71. The van der Waals surface area contributed by atoms with Gasteiger partial charge in [-0.15, -0.1) is 0 Å². The lowest BCUT2D eigenvalue weighted by atomic mass is 9.94. The van der Waals surface area contributed by atoms with E-state index in [-0.39, 0.29) is 6.04 Å². The number of benzene rings is 2. The highest BCUT2D eigenvalue weighted by molar-refractivity contribution is 5.99. The highest BCUT2D eigenvalue weighted by atomic mass is 15.0. The van der Waals surface area contributed by atoms with Crippen molar-refractivity contribution >= 4 is 5.84 Å². The predicted octanol–water partition coefficient (Wildman–Crippen LogP) is 3.33. The number of nitrogens with zero attached hydrogens (tertiary/aromatic N) is 4. The summed E-state index contributed by atoms with van der Waals surface area (Å²) in [6.45, 7) is 1.88. The van der Waals surface area contributed by atoms with E-state index in [4.69, 9.17) is 11.0 Å². The second-order valence-electron chi connectivity index (χ2n) is 6.33. The topological polar surface area (TPSA) is 88.0 Å². The average Bonchev–Trinajstić information content (AvgIpc) is 2.67. The first-order valence-electron chi connectivity index (χ1n) is 8.40. The van der Waals surface area contributed by atoms with Gasteiger partial charge in [0.25, 0.3) is 0 Å². The molecule has 0 saturated carbocycles. The van der Waals surface area contributed by atoms with Crippen LogP contribution in [0.15, 0.2) is 59.7 Å². The van der Waals surface area contributed by atoms with Crippen LogP contribution in [0.4, 0.5) is 0 Å². The van der Waals surface area contributed by atoms with Gasteiger partial charge in [-0.05, 0) is 41.8 Å². The quantitative estimate of drug-likeness (QED) is 0.775. The van der Waals surface area contributed by atoms with Crippen molar-refractivity contribution in [2.45, 2.75) is 19.4 Å². The van der Waals surface area contributed by atoms with Gasteiger partial charge in [-0.3, -0.25) is 4.99 Å². The molecule has 1 atom stereocenters. The van der Waals surface area contributed by atoms with Crippen molar-refractivity contribution in [3.8, 4) is 17.2 Å². The first-order valence-corrected chi connectivity index (χ1v) is 8.40. The number of aryl methyl sites for hydroxylation is 1. The van der Waals surface area contributed by atoms with E-state index in [0.29, 0.717) is 17.8 Å². The third-order valence-electron chi connectivity index (χ3n) is 4.54. The van der Waals surface area contributed by atoms with Gasteiger partial charge in [0.15, 0.2) is 0 Å². The minimum Gasteiger partial charge on any atom is -0.383 e. The number of amidine groups is 1. The Morgan fingerprint density at radius 1 is 1.12 bits per heavy atom. The predicted molar refractivity (Wildman–Crippen MR) is 101 cm³/mol. The van der Waals surface area contributed by atoms with Crippen molar-refractivity contribution in [3.63, 3.8) is 0 Å². The Labute approximate surface area is 151 Å². The number of aromatic nitrogens is 2. The summed E-state index contributed by atoms with van der Waals surface area (Å²) in [4.78, 5) is 13.4. The molecule has 0 radical (unpaired) electrons. The van der Waals surface area contributed by atoms with Gasteiger partial charge in [0, 0.05) is 12.6 Å². The molecule has 2 N–H and O–H groups in total. The summed E-state index contributed by atoms with van der Waals surface area (Å²) in [5, 5.41) is 9.12. The van der Waals surface area contributed by atoms with E-state index in [9.17, 15) is 0 Å². The minimum atomic E-state index is -0.0732. The van der Waals surface area contributed by atoms with Gasteiger partial charge in [-0.1, -0.05) is 30.3 Å². The van der Waals surface area contributed by atoms with Crippen molar-refractivity contribution in [3.05, 3.63) is 82.9 Å². The molecule has 1 unspecified atom stereocenters. The molecule has 0 amide bonds. The Morgan fingerprint density at radius 3 is 2.69 bits per heavy atom. The summed E-state index contributed by atoms with van der Waals surface area (Å²) >= 11 is 0. The molecule has 1 aliphatic rings. The Hall–Kier alpha value is -3.52. The van der Waals surface area contributed by atoms with Crippen molar-refractivity contribution in [1.29, 1.82) is 5.26 Å². The van der Waals surface area contributed by atoms with Crippen LogP contribution in [0.1, 0.15) is 34.3 Å². The molecule has 126 valence electrons. The van der Waals surface area contributed by atoms with Crippen molar-refractivity contribution in [1.82, 2.24) is 9.97 Å². The summed E-state index contributed by atoms with van der Waals surface area (Å²) in [5.74, 6) is 1.22. The number of hydrogen-bond donors (Lipinski definition) is 1. The van der Waals surface area contributed by atoms with Gasteiger partial charge in [-0.25, -0.2) is 9.97 Å². The number of aliphatic imine (C=N–C) groups is 1. The SMILES string of the molecule is Cc1ncc2c(n1)CC(c1cccc(-c3cccc(C#N)c3)c1)N=C2N. The fourth-order valence-corrected chi connectivity index (χ4v) is 3.24. The van der Waals surface area contributed by atoms with Gasteiger partial charge in [-0.2, -0.15) is 5.26 Å². The fraction of sp³-hybridized carbons (Fsp3) is 0.143. The molecule has 3 aromatic rings. The van der Waals surface area contributed by atoms with Crippen molar-refractivity contribution in [2.24, 2.45) is 10.7 Å². The molecule has 4 rings (SSSR count). The smallest absolute Gasteiger partial charge is 0.129 e. The van der Waals surface area contributed by atoms with E-state index in [1.807, 2.05) is 37.3 Å². The standard InChI is InChI=1S/C21H17N5/c1-13-24-12-18-20(25-13)10-19(26-21(18)23)17-7-3-6-16(9-17)15-5-2-4-14(8-15)11-22/h2-9,12,19H,10H2,1H3,(H2,23,26). The van der Waals surface area contributed by atoms with Crippen LogP contribution in [-0.4, -0.2) is 15.8 Å². The average molecular weight is 339 g/mol. The summed E-state index contributed by atoms with van der Waals surface area (Å²) in [7, 11) is 0. The van der Waals surface area contributed by atoms with Crippen molar-refractivity contribution in [2.75, 3.05) is 0 Å². The van der Waals surface area contributed by atoms with Crippen LogP contribution >= 0.6 is 0 Å². The van der Waals surface area contributed by atoms with E-state index in [2.05, 4.69) is 33.2 Å². The van der Waals surface area contributed by atoms with Crippen LogP contribution in [0.5, 0.6) is 0 Å². The summed E-state index contributed by atoms with van der Waals surface area (Å²) in [5.41, 5.74) is 11.7. The zero-order valence-electron chi connectivity index (χ0n) is 14.3. The second kappa shape index (κ2) is 6.41. The monoisotopic (exact) mass is 339 g/mol. The molecule has 0 saturated heterocycles. The fourth-order valence-electron chi connectivity index (χ4n) is 3.24. The number of fused-ring (bicyclic) bond motifs is 1. The zero-order chi connectivity index (χ0) is 18.1. The highest BCUT2D eigenvalue weighted by Crippen LogP contribution is 2.30. The molecular formula is C21H17N5. The molecule has 1 aromatic heterocycles. The summed E-state index contributed by atoms with van der Waals surface area (Å²) in [6.07, 6.45) is 2.44. The molecule has 1 aliphatic heterocycles. The third kappa shape index (κ3) is 2.93. The molecule has 0 bridgehead atoms. The second-order valence-corrected chi connectivity index (χ2v) is 6.33. The number of hydrogen-bond acceptors (Lipinski definition) is 5. The first kappa shape index (κ1) is 16.0. The van der Waals surface area contributed by atoms with Crippen LogP contribution in [-0.2, 0) is 6.42 Å². The van der Waals surface area contributed by atoms with E-state index in [1.165, 1.54) is 0 Å². The van der Waals surface area contributed by atoms with E-state index in [1.54, 1.807) is 12.3 Å². The molecule has 26 heavy (non-hydrogen) atoms. The lowest BCUT2D eigenvalue weighted by Crippen LogP contribution is -2.24. The van der Waals surface area contributed by atoms with Gasteiger partial charge in [0.1, 0.15) is 11.7 Å². The molecule has 0 aliphatic carbocycles. The van der Waals surface area contributed by atoms with E-state index >= 15 is 0 Å². The van der Waals surface area contributed by atoms with Crippen LogP contribution in [0.25, 0.3) is 11.1 Å². The Morgan fingerprint density at radius 2 is 1.88 bits per heavy atom. The molecule has 5 nitrogen and oxygen atoms in total. The molecule has 2 aromatic carbocycles. The molecule has 0 spiro atoms. The van der Waals surface area contributed by atoms with Crippen LogP contribution < -0.4 is 5.73 Å². The van der Waals surface area contributed by atoms with Gasteiger partial charge >= 0.3 is 0 Å². The van der Waals surface area contributed by atoms with Crippen LogP contribution in [0.3, 0.4) is 0 Å². The molecule has 5 heteroatoms. The van der Waals surface area contributed by atoms with Crippen LogP contribution in [0, 0.1) is 18.3 Å². The highest BCUT2D eigenvalue weighted by Gasteiger charge is 2.22. The first-order chi connectivity index (χ1) is 12.6. The largest absolute Gasteiger partial charge is 0.383 e. The maximum absolute atomic E-state index is 9.12. The minimum absolute atomic E-state index is 0.0732. The third-order valence-corrected chi connectivity index (χ3v) is 4.54. The number of rotatable bonds is 2. The lowest BCUT2D eigenvalue weighted by molar-refractivity contribution is 0.687. The van der Waals surface area contributed by atoms with Gasteiger partial charge in [0.05, 0.1) is 28.9 Å². The van der Waals surface area contributed by atoms with Gasteiger partial charge < -0.3 is 5.73 Å². The van der Waals surface area contributed by atoms with Gasteiger partial charge in [0.2, 0.25) is 0 Å². The van der Waals surface area contributed by atoms with Crippen LogP contribution in [0.2, 0.25) is 0 Å². The van der Waals surface area contributed by atoms with E-state index < -0.39 is 0 Å².